The summed E-state index contributed by atoms with van der Waals surface area (Å²) in [5, 5.41) is 10.8. The van der Waals surface area contributed by atoms with Gasteiger partial charge < -0.3 is 5.32 Å². The number of aromatic amines is 1. The molecule has 1 aliphatic rings. The fraction of sp³-hybridized carbons (Fsp3) is 0.267. The molecular formula is C15H16ClN5OS2. The Hall–Kier alpha value is -1.77. The van der Waals surface area contributed by atoms with Gasteiger partial charge in [0, 0.05) is 25.4 Å². The third kappa shape index (κ3) is 3.22. The standard InChI is InChI=1S/C15H14ClN5OS2.H2/c1-24(22)13-5-4-11(23-13)15-17-7-9(16)14(19-15)18-12-6-10(20-21-12)8-2-3-8;/h4-8H,2-3H2,1H3,(H2,17,18,19,20,21);1H. The van der Waals surface area contributed by atoms with Gasteiger partial charge in [0.25, 0.3) is 0 Å². The lowest BCUT2D eigenvalue weighted by molar-refractivity contribution is 0.688. The summed E-state index contributed by atoms with van der Waals surface area (Å²) in [5.74, 6) is 2.33. The fourth-order valence-electron chi connectivity index (χ4n) is 2.29. The van der Waals surface area contributed by atoms with Gasteiger partial charge in [0.2, 0.25) is 0 Å². The van der Waals surface area contributed by atoms with E-state index in [0.717, 1.165) is 14.8 Å². The van der Waals surface area contributed by atoms with Crippen LogP contribution < -0.4 is 5.32 Å². The minimum Gasteiger partial charge on any atom is -0.322 e. The molecule has 0 radical (unpaired) electrons. The number of H-pyrrole nitrogens is 1. The van der Waals surface area contributed by atoms with E-state index in [-0.39, 0.29) is 1.43 Å². The van der Waals surface area contributed by atoms with Gasteiger partial charge in [-0.25, -0.2) is 9.97 Å². The molecule has 1 aliphatic carbocycles. The Morgan fingerprint density at radius 1 is 1.46 bits per heavy atom. The second kappa shape index (κ2) is 6.27. The van der Waals surface area contributed by atoms with Crippen LogP contribution in [0.1, 0.15) is 25.9 Å². The molecule has 1 unspecified atom stereocenters. The Morgan fingerprint density at radius 2 is 2.29 bits per heavy atom. The molecule has 0 saturated heterocycles. The molecule has 6 nitrogen and oxygen atoms in total. The molecule has 3 aromatic heterocycles. The van der Waals surface area contributed by atoms with Gasteiger partial charge in [0.05, 0.1) is 26.1 Å². The highest BCUT2D eigenvalue weighted by Gasteiger charge is 2.25. The van der Waals surface area contributed by atoms with E-state index in [4.69, 9.17) is 11.6 Å². The first-order valence-corrected chi connectivity index (χ1v) is 10.1. The van der Waals surface area contributed by atoms with Crippen molar-refractivity contribution in [1.82, 2.24) is 20.2 Å². The second-order valence-corrected chi connectivity index (χ2v) is 8.67. The van der Waals surface area contributed by atoms with E-state index in [1.54, 1.807) is 12.5 Å². The molecule has 1 saturated carbocycles. The Balaban J connectivity index is 0.00000182. The summed E-state index contributed by atoms with van der Waals surface area (Å²) in [6, 6.07) is 5.68. The van der Waals surface area contributed by atoms with Crippen molar-refractivity contribution in [2.75, 3.05) is 11.6 Å². The number of anilines is 2. The number of nitrogens with zero attached hydrogens (tertiary/aromatic N) is 3. The summed E-state index contributed by atoms with van der Waals surface area (Å²) in [6.07, 6.45) is 5.63. The van der Waals surface area contributed by atoms with Crippen LogP contribution in [0, 0.1) is 0 Å². The molecule has 0 aromatic carbocycles. The normalized spacial score (nSPS) is 15.4. The summed E-state index contributed by atoms with van der Waals surface area (Å²) < 4.78 is 12.3. The zero-order valence-electron chi connectivity index (χ0n) is 12.7. The van der Waals surface area contributed by atoms with E-state index >= 15 is 0 Å². The molecule has 1 fully saturated rings. The van der Waals surface area contributed by atoms with Gasteiger partial charge in [-0.15, -0.1) is 11.3 Å². The van der Waals surface area contributed by atoms with Crippen molar-refractivity contribution >= 4 is 45.4 Å². The van der Waals surface area contributed by atoms with Crippen molar-refractivity contribution in [3.63, 3.8) is 0 Å². The molecule has 126 valence electrons. The second-order valence-electron chi connectivity index (χ2n) is 5.57. The zero-order chi connectivity index (χ0) is 16.7. The van der Waals surface area contributed by atoms with Crippen LogP contribution in [0.25, 0.3) is 10.7 Å². The van der Waals surface area contributed by atoms with Gasteiger partial charge in [-0.05, 0) is 25.0 Å². The summed E-state index contributed by atoms with van der Waals surface area (Å²) in [5.41, 5.74) is 1.14. The summed E-state index contributed by atoms with van der Waals surface area (Å²) in [6.45, 7) is 0. The average Bonchev–Trinajstić information content (AvgIpc) is 3.10. The maximum atomic E-state index is 11.6. The fourth-order valence-corrected chi connectivity index (χ4v) is 4.11. The van der Waals surface area contributed by atoms with Crippen LogP contribution in [-0.4, -0.2) is 30.6 Å². The van der Waals surface area contributed by atoms with Gasteiger partial charge in [0.15, 0.2) is 17.5 Å². The van der Waals surface area contributed by atoms with Gasteiger partial charge in [-0.1, -0.05) is 11.6 Å². The van der Waals surface area contributed by atoms with Crippen molar-refractivity contribution in [1.29, 1.82) is 0 Å². The Kier molecular flexibility index (Phi) is 4.11. The number of nitrogens with one attached hydrogen (secondary N) is 2. The van der Waals surface area contributed by atoms with Crippen molar-refractivity contribution < 1.29 is 5.64 Å². The first kappa shape index (κ1) is 15.7. The van der Waals surface area contributed by atoms with Gasteiger partial charge in [-0.2, -0.15) is 5.10 Å². The van der Waals surface area contributed by atoms with E-state index in [9.17, 15) is 4.21 Å². The van der Waals surface area contributed by atoms with Crippen molar-refractivity contribution in [3.05, 3.63) is 35.1 Å². The van der Waals surface area contributed by atoms with Gasteiger partial charge in [0.1, 0.15) is 5.02 Å². The molecule has 4 rings (SSSR count). The number of hydrogen-bond donors (Lipinski definition) is 2. The van der Waals surface area contributed by atoms with Crippen molar-refractivity contribution in [3.8, 4) is 10.7 Å². The van der Waals surface area contributed by atoms with Crippen LogP contribution in [0.5, 0.6) is 0 Å². The summed E-state index contributed by atoms with van der Waals surface area (Å²) in [4.78, 5) is 9.60. The maximum Gasteiger partial charge on any atom is 0.171 e. The van der Waals surface area contributed by atoms with Crippen LogP contribution >= 0.6 is 22.9 Å². The third-order valence-corrected chi connectivity index (χ3v) is 6.50. The molecule has 1 atom stereocenters. The number of aromatic nitrogens is 4. The number of rotatable bonds is 5. The predicted octanol–water partition coefficient (Wildman–Crippen LogP) is 4.19. The molecular weight excluding hydrogens is 366 g/mol. The zero-order valence-corrected chi connectivity index (χ0v) is 15.1. The van der Waals surface area contributed by atoms with E-state index in [0.29, 0.717) is 28.4 Å². The molecule has 3 aromatic rings. The Bertz CT molecular complexity index is 924. The van der Waals surface area contributed by atoms with Crippen LogP contribution in [0.3, 0.4) is 0 Å². The van der Waals surface area contributed by atoms with Crippen molar-refractivity contribution in [2.45, 2.75) is 23.0 Å². The smallest absolute Gasteiger partial charge is 0.171 e. The number of thiophene rings is 1. The number of hydrogen-bond acceptors (Lipinski definition) is 6. The number of halogens is 1. The maximum absolute atomic E-state index is 11.6. The highest BCUT2D eigenvalue weighted by atomic mass is 35.5. The van der Waals surface area contributed by atoms with Crippen LogP contribution in [-0.2, 0) is 10.8 Å². The Labute approximate surface area is 151 Å². The molecule has 2 N–H and O–H groups in total. The van der Waals surface area contributed by atoms with E-state index in [2.05, 4.69) is 25.5 Å². The third-order valence-electron chi connectivity index (χ3n) is 3.69. The average molecular weight is 382 g/mol. The lowest BCUT2D eigenvalue weighted by atomic mass is 10.3. The molecule has 9 heteroatoms. The van der Waals surface area contributed by atoms with Crippen LogP contribution in [0.15, 0.2) is 28.6 Å². The quantitative estimate of drug-likeness (QED) is 0.692. The SMILES string of the molecule is CS(=O)c1ccc(-c2ncc(Cl)c(Nc3cc(C4CC4)[nH]n3)n2)s1.[HH]. The molecule has 3 heterocycles. The molecule has 0 amide bonds. The van der Waals surface area contributed by atoms with Gasteiger partial charge >= 0.3 is 0 Å². The largest absolute Gasteiger partial charge is 0.322 e. The lowest BCUT2D eigenvalue weighted by Crippen LogP contribution is -1.98. The van der Waals surface area contributed by atoms with Crippen molar-refractivity contribution in [2.24, 2.45) is 0 Å². The monoisotopic (exact) mass is 381 g/mol. The molecule has 0 spiro atoms. The highest BCUT2D eigenvalue weighted by Crippen LogP contribution is 2.40. The highest BCUT2D eigenvalue weighted by molar-refractivity contribution is 7.86. The topological polar surface area (TPSA) is 83.6 Å². The minimum atomic E-state index is -1.01. The molecule has 0 aliphatic heterocycles. The molecule has 24 heavy (non-hydrogen) atoms. The van der Waals surface area contributed by atoms with E-state index in [1.165, 1.54) is 24.2 Å². The summed E-state index contributed by atoms with van der Waals surface area (Å²) in [7, 11) is -1.01. The Morgan fingerprint density at radius 3 is 3.00 bits per heavy atom. The van der Waals surface area contributed by atoms with Crippen LogP contribution in [0.4, 0.5) is 11.6 Å². The lowest BCUT2D eigenvalue weighted by Gasteiger charge is -2.05. The minimum absolute atomic E-state index is 0. The van der Waals surface area contributed by atoms with Gasteiger partial charge in [-0.3, -0.25) is 9.31 Å². The first-order chi connectivity index (χ1) is 11.6. The van der Waals surface area contributed by atoms with E-state index in [1.807, 2.05) is 18.2 Å². The predicted molar refractivity (Wildman–Crippen MR) is 98.6 cm³/mol. The van der Waals surface area contributed by atoms with Crippen LogP contribution in [0.2, 0.25) is 5.02 Å². The first-order valence-electron chi connectivity index (χ1n) is 7.38. The summed E-state index contributed by atoms with van der Waals surface area (Å²) >= 11 is 7.61. The van der Waals surface area contributed by atoms with E-state index < -0.39 is 10.8 Å². The molecule has 0 bridgehead atoms.